The van der Waals surface area contributed by atoms with E-state index in [1.807, 2.05) is 6.92 Å². The standard InChI is InChI=1S/C15H27N3O3/c1-11-9-12(10-21-11)13(19)17-15(14(16)18-20)7-5-3-2-4-6-8-15/h11-12,20H,2-10H2,1H3,(H2,16,18)(H,17,19). The van der Waals surface area contributed by atoms with Crippen molar-refractivity contribution in [2.45, 2.75) is 69.9 Å². The Morgan fingerprint density at radius 3 is 2.43 bits per heavy atom. The van der Waals surface area contributed by atoms with Gasteiger partial charge in [0.15, 0.2) is 5.84 Å². The molecule has 4 N–H and O–H groups in total. The molecule has 2 atom stereocenters. The number of nitrogens with one attached hydrogen (secondary N) is 1. The van der Waals surface area contributed by atoms with Crippen molar-refractivity contribution < 1.29 is 14.7 Å². The van der Waals surface area contributed by atoms with Crippen LogP contribution in [0.2, 0.25) is 0 Å². The van der Waals surface area contributed by atoms with Gasteiger partial charge in [-0.25, -0.2) is 0 Å². The fourth-order valence-corrected chi connectivity index (χ4v) is 3.39. The van der Waals surface area contributed by atoms with Crippen LogP contribution in [0.1, 0.15) is 58.3 Å². The second-order valence-electron chi connectivity index (χ2n) is 6.40. The minimum atomic E-state index is -0.696. The predicted molar refractivity (Wildman–Crippen MR) is 80.1 cm³/mol. The van der Waals surface area contributed by atoms with Gasteiger partial charge in [-0.1, -0.05) is 37.3 Å². The first-order chi connectivity index (χ1) is 10.1. The topological polar surface area (TPSA) is 96.9 Å². The summed E-state index contributed by atoms with van der Waals surface area (Å²) in [5.41, 5.74) is 5.24. The van der Waals surface area contributed by atoms with Gasteiger partial charge in [-0.3, -0.25) is 4.79 Å². The monoisotopic (exact) mass is 297 g/mol. The Morgan fingerprint density at radius 2 is 1.90 bits per heavy atom. The highest BCUT2D eigenvalue weighted by atomic mass is 16.5. The van der Waals surface area contributed by atoms with Crippen molar-refractivity contribution >= 4 is 11.7 Å². The Labute approximate surface area is 126 Å². The summed E-state index contributed by atoms with van der Waals surface area (Å²) in [6, 6.07) is 0. The van der Waals surface area contributed by atoms with E-state index in [2.05, 4.69) is 10.5 Å². The number of carbonyl (C=O) groups is 1. The van der Waals surface area contributed by atoms with Gasteiger partial charge in [0.25, 0.3) is 0 Å². The molecule has 2 rings (SSSR count). The van der Waals surface area contributed by atoms with Crippen molar-refractivity contribution in [2.75, 3.05) is 6.61 Å². The van der Waals surface area contributed by atoms with Gasteiger partial charge in [-0.2, -0.15) is 0 Å². The Balaban J connectivity index is 2.09. The maximum Gasteiger partial charge on any atom is 0.226 e. The summed E-state index contributed by atoms with van der Waals surface area (Å²) in [5, 5.41) is 15.4. The molecule has 120 valence electrons. The second kappa shape index (κ2) is 7.11. The third-order valence-corrected chi connectivity index (χ3v) is 4.74. The smallest absolute Gasteiger partial charge is 0.226 e. The van der Waals surface area contributed by atoms with Gasteiger partial charge >= 0.3 is 0 Å². The van der Waals surface area contributed by atoms with Crippen LogP contribution in [0.15, 0.2) is 5.16 Å². The lowest BCUT2D eigenvalue weighted by Crippen LogP contribution is -2.59. The Morgan fingerprint density at radius 1 is 1.29 bits per heavy atom. The van der Waals surface area contributed by atoms with Crippen LogP contribution in [-0.2, 0) is 9.53 Å². The van der Waals surface area contributed by atoms with E-state index < -0.39 is 5.54 Å². The number of rotatable bonds is 3. The van der Waals surface area contributed by atoms with Crippen LogP contribution in [-0.4, -0.2) is 35.2 Å². The van der Waals surface area contributed by atoms with Crippen LogP contribution in [0.4, 0.5) is 0 Å². The van der Waals surface area contributed by atoms with Gasteiger partial charge in [0.1, 0.15) is 5.54 Å². The summed E-state index contributed by atoms with van der Waals surface area (Å²) in [7, 11) is 0. The van der Waals surface area contributed by atoms with E-state index in [9.17, 15) is 4.79 Å². The lowest BCUT2D eigenvalue weighted by Gasteiger charge is -2.35. The number of carbonyl (C=O) groups excluding carboxylic acids is 1. The molecule has 2 fully saturated rings. The maximum atomic E-state index is 12.5. The highest BCUT2D eigenvalue weighted by molar-refractivity contribution is 5.94. The molecule has 1 heterocycles. The third-order valence-electron chi connectivity index (χ3n) is 4.74. The van der Waals surface area contributed by atoms with E-state index in [1.54, 1.807) is 0 Å². The number of hydrogen-bond acceptors (Lipinski definition) is 4. The summed E-state index contributed by atoms with van der Waals surface area (Å²) < 4.78 is 5.47. The zero-order valence-electron chi connectivity index (χ0n) is 12.8. The van der Waals surface area contributed by atoms with Crippen LogP contribution in [0, 0.1) is 5.92 Å². The molecule has 1 saturated carbocycles. The molecule has 0 aromatic carbocycles. The minimum Gasteiger partial charge on any atom is -0.409 e. The fraction of sp³-hybridized carbons (Fsp3) is 0.867. The number of oxime groups is 1. The molecule has 21 heavy (non-hydrogen) atoms. The quantitative estimate of drug-likeness (QED) is 0.320. The van der Waals surface area contributed by atoms with E-state index >= 15 is 0 Å². The van der Waals surface area contributed by atoms with Crippen molar-refractivity contribution in [3.8, 4) is 0 Å². The summed E-state index contributed by atoms with van der Waals surface area (Å²) in [6.45, 7) is 2.43. The average Bonchev–Trinajstić information content (AvgIpc) is 2.88. The van der Waals surface area contributed by atoms with Gasteiger partial charge in [0.2, 0.25) is 5.91 Å². The number of amides is 1. The summed E-state index contributed by atoms with van der Waals surface area (Å²) in [5.74, 6) is -0.0370. The molecule has 6 nitrogen and oxygen atoms in total. The van der Waals surface area contributed by atoms with Gasteiger partial charge in [-0.15, -0.1) is 0 Å². The van der Waals surface area contributed by atoms with Crippen LogP contribution < -0.4 is 11.1 Å². The average molecular weight is 297 g/mol. The van der Waals surface area contributed by atoms with Crippen molar-refractivity contribution in [2.24, 2.45) is 16.8 Å². The van der Waals surface area contributed by atoms with E-state index in [0.29, 0.717) is 6.61 Å². The van der Waals surface area contributed by atoms with Gasteiger partial charge in [-0.05, 0) is 26.2 Å². The van der Waals surface area contributed by atoms with E-state index in [1.165, 1.54) is 6.42 Å². The summed E-state index contributed by atoms with van der Waals surface area (Å²) in [6.07, 6.45) is 7.75. The third kappa shape index (κ3) is 3.87. The second-order valence-corrected chi connectivity index (χ2v) is 6.40. The zero-order valence-corrected chi connectivity index (χ0v) is 12.8. The van der Waals surface area contributed by atoms with Crippen LogP contribution >= 0.6 is 0 Å². The van der Waals surface area contributed by atoms with Crippen LogP contribution in [0.5, 0.6) is 0 Å². The number of amidine groups is 1. The largest absolute Gasteiger partial charge is 0.409 e. The molecular formula is C15H27N3O3. The Bertz CT molecular complexity index is 390. The zero-order chi connectivity index (χ0) is 15.3. The molecule has 0 spiro atoms. The normalized spacial score (nSPS) is 30.4. The Kier molecular flexibility index (Phi) is 5.45. The lowest BCUT2D eigenvalue weighted by atomic mass is 9.82. The number of nitrogens with zero attached hydrogens (tertiary/aromatic N) is 1. The Hall–Kier alpha value is -1.30. The molecule has 0 radical (unpaired) electrons. The van der Waals surface area contributed by atoms with Crippen LogP contribution in [0.3, 0.4) is 0 Å². The van der Waals surface area contributed by atoms with E-state index in [0.717, 1.165) is 44.9 Å². The van der Waals surface area contributed by atoms with Gasteiger partial charge < -0.3 is 21.0 Å². The maximum absolute atomic E-state index is 12.5. The van der Waals surface area contributed by atoms with Crippen molar-refractivity contribution in [1.82, 2.24) is 5.32 Å². The SMILES string of the molecule is CC1CC(C(=O)NC2(C(N)=NO)CCCCCCC2)CO1. The summed E-state index contributed by atoms with van der Waals surface area (Å²) >= 11 is 0. The molecule has 1 aliphatic carbocycles. The molecule has 0 aromatic rings. The molecule has 6 heteroatoms. The van der Waals surface area contributed by atoms with Crippen molar-refractivity contribution in [3.05, 3.63) is 0 Å². The molecule has 1 aliphatic heterocycles. The molecule has 0 bridgehead atoms. The van der Waals surface area contributed by atoms with Crippen molar-refractivity contribution in [3.63, 3.8) is 0 Å². The van der Waals surface area contributed by atoms with Gasteiger partial charge in [0.05, 0.1) is 18.6 Å². The molecule has 1 amide bonds. The number of hydrogen-bond donors (Lipinski definition) is 3. The molecule has 2 unspecified atom stereocenters. The van der Waals surface area contributed by atoms with Crippen LogP contribution in [0.25, 0.3) is 0 Å². The first kappa shape index (κ1) is 16.1. The predicted octanol–water partition coefficient (Wildman–Crippen LogP) is 1.76. The highest BCUT2D eigenvalue weighted by Crippen LogP contribution is 2.28. The number of nitrogens with two attached hydrogens (primary N) is 1. The lowest BCUT2D eigenvalue weighted by molar-refractivity contribution is -0.126. The van der Waals surface area contributed by atoms with Gasteiger partial charge in [0, 0.05) is 0 Å². The highest BCUT2D eigenvalue weighted by Gasteiger charge is 2.39. The molecular weight excluding hydrogens is 270 g/mol. The molecule has 1 saturated heterocycles. The number of ether oxygens (including phenoxy) is 1. The molecule has 2 aliphatic rings. The first-order valence-electron chi connectivity index (χ1n) is 7.99. The summed E-state index contributed by atoms with van der Waals surface area (Å²) in [4.78, 5) is 12.5. The first-order valence-corrected chi connectivity index (χ1v) is 7.99. The fourth-order valence-electron chi connectivity index (χ4n) is 3.39. The van der Waals surface area contributed by atoms with Crippen molar-refractivity contribution in [1.29, 1.82) is 0 Å². The minimum absolute atomic E-state index is 0.0356. The van der Waals surface area contributed by atoms with E-state index in [4.69, 9.17) is 15.7 Å². The van der Waals surface area contributed by atoms with E-state index in [-0.39, 0.29) is 23.8 Å². The molecule has 0 aromatic heterocycles.